The molecule has 0 bridgehead atoms. The number of oxazole rings is 1. The van der Waals surface area contributed by atoms with Gasteiger partial charge in [0.05, 0.1) is 22.3 Å². The van der Waals surface area contributed by atoms with E-state index in [1.165, 1.54) is 28.8 Å². The normalized spacial score (nSPS) is 16.7. The van der Waals surface area contributed by atoms with E-state index in [1.807, 2.05) is 0 Å². The average Bonchev–Trinajstić information content (AvgIpc) is 3.56. The third kappa shape index (κ3) is 5.13. The summed E-state index contributed by atoms with van der Waals surface area (Å²) >= 11 is 0. The molecule has 5 aromatic rings. The number of ketones is 1. The molecule has 1 atom stereocenters. The highest BCUT2D eigenvalue weighted by molar-refractivity contribution is 6.03. The number of hydrogen-bond donors (Lipinski definition) is 0. The van der Waals surface area contributed by atoms with E-state index < -0.39 is 17.2 Å². The molecule has 41 heavy (non-hydrogen) atoms. The predicted molar refractivity (Wildman–Crippen MR) is 149 cm³/mol. The predicted octanol–water partition coefficient (Wildman–Crippen LogP) is 6.15. The second-order valence-corrected chi connectivity index (χ2v) is 10.5. The Labute approximate surface area is 233 Å². The molecule has 8 nitrogen and oxygen atoms in total. The molecule has 1 aliphatic heterocycles. The smallest absolute Gasteiger partial charge is 0.265 e. The summed E-state index contributed by atoms with van der Waals surface area (Å²) in [5.74, 6) is 0.0807. The average molecular weight is 557 g/mol. The summed E-state index contributed by atoms with van der Waals surface area (Å²) in [6.45, 7) is 3.35. The monoisotopic (exact) mass is 556 g/mol. The van der Waals surface area contributed by atoms with Crippen molar-refractivity contribution in [2.24, 2.45) is 5.16 Å². The zero-order valence-electron chi connectivity index (χ0n) is 22.5. The molecule has 2 aromatic heterocycles. The number of halogens is 2. The lowest BCUT2D eigenvalue weighted by atomic mass is 9.95. The van der Waals surface area contributed by atoms with Crippen molar-refractivity contribution in [3.05, 3.63) is 99.9 Å². The highest BCUT2D eigenvalue weighted by Gasteiger charge is 2.41. The molecule has 3 heterocycles. The van der Waals surface area contributed by atoms with E-state index in [0.29, 0.717) is 71.3 Å². The lowest BCUT2D eigenvalue weighted by Crippen LogP contribution is -2.24. The fourth-order valence-electron chi connectivity index (χ4n) is 5.03. The maximum atomic E-state index is 13.7. The number of carbonyl (C=O) groups is 1. The molecule has 3 aromatic carbocycles. The second-order valence-electron chi connectivity index (χ2n) is 10.5. The van der Waals surface area contributed by atoms with Gasteiger partial charge in [-0.2, -0.15) is 0 Å². The molecule has 0 saturated carbocycles. The summed E-state index contributed by atoms with van der Waals surface area (Å²) in [6.07, 6.45) is 2.57. The lowest BCUT2D eigenvalue weighted by molar-refractivity contribution is -0.117. The Kier molecular flexibility index (Phi) is 6.69. The van der Waals surface area contributed by atoms with Crippen LogP contribution in [0.25, 0.3) is 27.7 Å². The number of Topliss-reactive ketones (excluding diaryl/α,β-unsaturated/α-hetero) is 1. The van der Waals surface area contributed by atoms with Crippen molar-refractivity contribution in [1.82, 2.24) is 14.5 Å². The first-order valence-electron chi connectivity index (χ1n) is 13.3. The van der Waals surface area contributed by atoms with Crippen molar-refractivity contribution < 1.29 is 22.8 Å². The fraction of sp³-hybridized carbons (Fsp3) is 0.258. The topological polar surface area (TPSA) is 99.6 Å². The molecule has 0 amide bonds. The van der Waals surface area contributed by atoms with Gasteiger partial charge in [-0.25, -0.2) is 18.7 Å². The van der Waals surface area contributed by atoms with Crippen LogP contribution in [-0.4, -0.2) is 26.0 Å². The zero-order chi connectivity index (χ0) is 28.7. The number of unbranched alkanes of at least 4 members (excludes halogenated alkanes) is 1. The Morgan fingerprint density at radius 1 is 0.976 bits per heavy atom. The first-order valence-corrected chi connectivity index (χ1v) is 13.3. The van der Waals surface area contributed by atoms with Gasteiger partial charge < -0.3 is 14.0 Å². The molecule has 0 saturated heterocycles. The van der Waals surface area contributed by atoms with Crippen LogP contribution in [0, 0.1) is 11.6 Å². The van der Waals surface area contributed by atoms with Crippen LogP contribution < -0.4 is 5.56 Å². The summed E-state index contributed by atoms with van der Waals surface area (Å²) in [6, 6.07) is 15.1. The Morgan fingerprint density at radius 2 is 1.76 bits per heavy atom. The number of rotatable bonds is 8. The molecular formula is C31H26F2N4O4. The number of oxime groups is 1. The van der Waals surface area contributed by atoms with Gasteiger partial charge >= 0.3 is 0 Å². The van der Waals surface area contributed by atoms with E-state index in [2.05, 4.69) is 10.1 Å². The highest BCUT2D eigenvalue weighted by atomic mass is 19.1. The lowest BCUT2D eigenvalue weighted by Gasteiger charge is -2.16. The maximum Gasteiger partial charge on any atom is 0.265 e. The Hall–Kier alpha value is -4.73. The minimum absolute atomic E-state index is 0.105. The van der Waals surface area contributed by atoms with Gasteiger partial charge in [0.25, 0.3) is 5.56 Å². The zero-order valence-corrected chi connectivity index (χ0v) is 22.5. The van der Waals surface area contributed by atoms with Crippen molar-refractivity contribution in [2.75, 3.05) is 0 Å². The van der Waals surface area contributed by atoms with Crippen LogP contribution in [0.2, 0.25) is 0 Å². The molecule has 208 valence electrons. The van der Waals surface area contributed by atoms with Crippen LogP contribution in [-0.2, 0) is 21.7 Å². The van der Waals surface area contributed by atoms with Gasteiger partial charge in [-0.1, -0.05) is 11.2 Å². The quantitative estimate of drug-likeness (QED) is 0.213. The van der Waals surface area contributed by atoms with Gasteiger partial charge in [0.1, 0.15) is 28.8 Å². The Bertz CT molecular complexity index is 1890. The molecule has 6 rings (SSSR count). The van der Waals surface area contributed by atoms with Gasteiger partial charge in [-0.15, -0.1) is 0 Å². The fourth-order valence-corrected chi connectivity index (χ4v) is 5.03. The summed E-state index contributed by atoms with van der Waals surface area (Å²) in [7, 11) is 0. The Morgan fingerprint density at radius 3 is 2.54 bits per heavy atom. The van der Waals surface area contributed by atoms with Crippen LogP contribution in [0.4, 0.5) is 8.78 Å². The van der Waals surface area contributed by atoms with E-state index in [1.54, 1.807) is 50.2 Å². The minimum Gasteiger partial charge on any atom is -0.436 e. The SMILES string of the molecule is CC(=O)CCCCc1nc2cc(C3=NO[C@](C)(c4nc5ccc(F)cc5o4)C3)ccc2c(=O)n1-c1ccc(F)cc1. The summed E-state index contributed by atoms with van der Waals surface area (Å²) in [5.41, 5.74) is 1.90. The molecule has 1 aliphatic rings. The van der Waals surface area contributed by atoms with Crippen LogP contribution >= 0.6 is 0 Å². The largest absolute Gasteiger partial charge is 0.436 e. The highest BCUT2D eigenvalue weighted by Crippen LogP contribution is 2.37. The van der Waals surface area contributed by atoms with Crippen LogP contribution in [0.1, 0.15) is 56.8 Å². The van der Waals surface area contributed by atoms with Gasteiger partial charge in [-0.05, 0) is 75.2 Å². The van der Waals surface area contributed by atoms with E-state index >= 15 is 0 Å². The molecule has 0 radical (unpaired) electrons. The van der Waals surface area contributed by atoms with E-state index in [4.69, 9.17) is 14.2 Å². The van der Waals surface area contributed by atoms with E-state index in [-0.39, 0.29) is 17.2 Å². The summed E-state index contributed by atoms with van der Waals surface area (Å²) in [5, 5.41) is 4.69. The number of nitrogens with zero attached hydrogens (tertiary/aromatic N) is 4. The third-order valence-corrected chi connectivity index (χ3v) is 7.20. The van der Waals surface area contributed by atoms with Crippen molar-refractivity contribution in [1.29, 1.82) is 0 Å². The van der Waals surface area contributed by atoms with E-state index in [9.17, 15) is 18.4 Å². The first-order chi connectivity index (χ1) is 19.7. The number of benzene rings is 3. The van der Waals surface area contributed by atoms with Crippen LogP contribution in [0.5, 0.6) is 0 Å². The second kappa shape index (κ2) is 10.3. The van der Waals surface area contributed by atoms with Crippen molar-refractivity contribution >= 4 is 33.5 Å². The molecular weight excluding hydrogens is 530 g/mol. The molecule has 0 spiro atoms. The van der Waals surface area contributed by atoms with Crippen LogP contribution in [0.15, 0.2) is 75.0 Å². The van der Waals surface area contributed by atoms with Crippen LogP contribution in [0.3, 0.4) is 0 Å². The van der Waals surface area contributed by atoms with Gasteiger partial charge in [0, 0.05) is 30.9 Å². The van der Waals surface area contributed by atoms with Crippen molar-refractivity contribution in [2.45, 2.75) is 51.6 Å². The first kappa shape index (κ1) is 26.5. The molecule has 0 fully saturated rings. The number of carbonyl (C=O) groups excluding carboxylic acids is 1. The number of fused-ring (bicyclic) bond motifs is 2. The van der Waals surface area contributed by atoms with Crippen molar-refractivity contribution in [3.63, 3.8) is 0 Å². The summed E-state index contributed by atoms with van der Waals surface area (Å²) in [4.78, 5) is 40.2. The Balaban J connectivity index is 1.34. The molecule has 0 aliphatic carbocycles. The molecule has 0 N–H and O–H groups in total. The van der Waals surface area contributed by atoms with Crippen molar-refractivity contribution in [3.8, 4) is 5.69 Å². The third-order valence-electron chi connectivity index (χ3n) is 7.20. The van der Waals surface area contributed by atoms with Gasteiger partial charge in [0.2, 0.25) is 11.5 Å². The van der Waals surface area contributed by atoms with Gasteiger partial charge in [-0.3, -0.25) is 9.36 Å². The standard InChI is InChI=1S/C31H26F2N4O4/c1-18(38)5-3-4-6-28-34-25-15-19(7-13-23(25)29(39)37(28)22-11-8-20(32)9-12-22)26-17-31(2,41-36-26)30-35-24-14-10-21(33)16-27(24)40-30/h7-16H,3-6,17H2,1-2H3/t31-/m0/s1. The number of aryl methyl sites for hydroxylation is 1. The summed E-state index contributed by atoms with van der Waals surface area (Å²) < 4.78 is 34.6. The number of hydrogen-bond acceptors (Lipinski definition) is 7. The molecule has 0 unspecified atom stereocenters. The van der Waals surface area contributed by atoms with Gasteiger partial charge in [0.15, 0.2) is 5.58 Å². The maximum absolute atomic E-state index is 13.7. The molecule has 10 heteroatoms. The van der Waals surface area contributed by atoms with E-state index in [0.717, 1.165) is 5.56 Å². The number of aromatic nitrogens is 3. The minimum atomic E-state index is -0.999.